The fraction of sp³-hybridized carbons (Fsp3) is 0.400. The van der Waals surface area contributed by atoms with Crippen molar-refractivity contribution >= 4 is 5.82 Å². The average Bonchev–Trinajstić information content (AvgIpc) is 3.29. The molecule has 5 rings (SSSR count). The molecule has 0 atom stereocenters. The van der Waals surface area contributed by atoms with Crippen LogP contribution in [0.3, 0.4) is 0 Å². The third kappa shape index (κ3) is 3.42. The molecule has 7 heteroatoms. The number of anilines is 1. The highest BCUT2D eigenvalue weighted by atomic mass is 15.1. The molecule has 0 unspecified atom stereocenters. The molecule has 1 fully saturated rings. The Kier molecular flexibility index (Phi) is 4.09. The first-order chi connectivity index (χ1) is 13.3. The van der Waals surface area contributed by atoms with Crippen molar-refractivity contribution in [2.24, 2.45) is 5.41 Å². The summed E-state index contributed by atoms with van der Waals surface area (Å²) in [6, 6.07) is 5.85. The van der Waals surface area contributed by atoms with E-state index in [-0.39, 0.29) is 0 Å². The molecule has 4 heterocycles. The summed E-state index contributed by atoms with van der Waals surface area (Å²) in [6.07, 6.45) is 11.0. The van der Waals surface area contributed by atoms with Gasteiger partial charge < -0.3 is 15.2 Å². The summed E-state index contributed by atoms with van der Waals surface area (Å²) in [7, 11) is 0. The van der Waals surface area contributed by atoms with Crippen LogP contribution in [0.2, 0.25) is 0 Å². The molecule has 3 aromatic heterocycles. The highest BCUT2D eigenvalue weighted by Gasteiger charge is 2.42. The number of nitrogens with one attached hydrogen (secondary N) is 2. The van der Waals surface area contributed by atoms with E-state index in [0.29, 0.717) is 11.2 Å². The minimum atomic E-state index is 0.302. The molecule has 7 nitrogen and oxygen atoms in total. The standard InChI is InChI=1S/C20H23N7/c1-2-7-23-16(3-1)19-25-17-11-21-8-4-15(17)18(26-19)24-12-20(5-6-20)13-27-10-9-22-14-27/h1-3,7,9-10,14,21H,4-6,8,11-13H2,(H,24,25,26). The molecule has 1 aliphatic heterocycles. The Hall–Kier alpha value is -2.80. The fourth-order valence-electron chi connectivity index (χ4n) is 3.72. The Labute approximate surface area is 158 Å². The zero-order chi connectivity index (χ0) is 18.1. The van der Waals surface area contributed by atoms with Crippen molar-refractivity contribution in [3.05, 3.63) is 54.4 Å². The second kappa shape index (κ2) is 6.74. The number of imidazole rings is 1. The minimum Gasteiger partial charge on any atom is -0.369 e. The molecule has 27 heavy (non-hydrogen) atoms. The van der Waals surface area contributed by atoms with Crippen molar-refractivity contribution in [1.82, 2.24) is 29.8 Å². The maximum Gasteiger partial charge on any atom is 0.180 e. The SMILES string of the molecule is c1ccc(-c2nc3c(c(NCC4(Cn5ccnc5)CC4)n2)CCNC3)nc1. The summed E-state index contributed by atoms with van der Waals surface area (Å²) in [6.45, 7) is 3.67. The normalized spacial score (nSPS) is 17.3. The number of hydrogen-bond donors (Lipinski definition) is 2. The third-order valence-corrected chi connectivity index (χ3v) is 5.50. The van der Waals surface area contributed by atoms with Gasteiger partial charge in [0.2, 0.25) is 0 Å². The van der Waals surface area contributed by atoms with E-state index < -0.39 is 0 Å². The summed E-state index contributed by atoms with van der Waals surface area (Å²) in [4.78, 5) is 18.2. The van der Waals surface area contributed by atoms with Crippen LogP contribution in [0.5, 0.6) is 0 Å². The van der Waals surface area contributed by atoms with Gasteiger partial charge in [-0.1, -0.05) is 6.07 Å². The second-order valence-corrected chi connectivity index (χ2v) is 7.55. The van der Waals surface area contributed by atoms with E-state index in [1.165, 1.54) is 18.4 Å². The van der Waals surface area contributed by atoms with Crippen LogP contribution in [-0.2, 0) is 19.5 Å². The zero-order valence-electron chi connectivity index (χ0n) is 15.2. The van der Waals surface area contributed by atoms with Crippen LogP contribution < -0.4 is 10.6 Å². The first-order valence-corrected chi connectivity index (χ1v) is 9.53. The number of nitrogens with zero attached hydrogens (tertiary/aromatic N) is 5. The molecule has 0 bridgehead atoms. The molecule has 3 aromatic rings. The molecular weight excluding hydrogens is 338 g/mol. The lowest BCUT2D eigenvalue weighted by atomic mass is 10.0. The molecule has 0 aromatic carbocycles. The zero-order valence-corrected chi connectivity index (χ0v) is 15.2. The lowest BCUT2D eigenvalue weighted by Gasteiger charge is -2.23. The van der Waals surface area contributed by atoms with Crippen molar-refractivity contribution in [3.8, 4) is 11.5 Å². The van der Waals surface area contributed by atoms with Crippen molar-refractivity contribution in [2.45, 2.75) is 32.4 Å². The number of pyridine rings is 1. The molecule has 1 aliphatic carbocycles. The molecule has 138 valence electrons. The lowest BCUT2D eigenvalue weighted by Crippen LogP contribution is -2.28. The third-order valence-electron chi connectivity index (χ3n) is 5.50. The number of hydrogen-bond acceptors (Lipinski definition) is 6. The maximum absolute atomic E-state index is 4.85. The van der Waals surface area contributed by atoms with E-state index in [1.807, 2.05) is 36.9 Å². The Balaban J connectivity index is 1.41. The predicted octanol–water partition coefficient (Wildman–Crippen LogP) is 2.27. The van der Waals surface area contributed by atoms with Gasteiger partial charge in [0, 0.05) is 49.2 Å². The quantitative estimate of drug-likeness (QED) is 0.701. The highest BCUT2D eigenvalue weighted by molar-refractivity contribution is 5.57. The van der Waals surface area contributed by atoms with Crippen LogP contribution in [0.15, 0.2) is 43.1 Å². The molecule has 0 spiro atoms. The average molecular weight is 361 g/mol. The Bertz CT molecular complexity index is 917. The number of fused-ring (bicyclic) bond motifs is 1. The van der Waals surface area contributed by atoms with E-state index in [1.54, 1.807) is 6.20 Å². The minimum absolute atomic E-state index is 0.302. The van der Waals surface area contributed by atoms with E-state index in [2.05, 4.69) is 25.2 Å². The maximum atomic E-state index is 4.85. The second-order valence-electron chi connectivity index (χ2n) is 7.55. The van der Waals surface area contributed by atoms with Gasteiger partial charge >= 0.3 is 0 Å². The first-order valence-electron chi connectivity index (χ1n) is 9.53. The van der Waals surface area contributed by atoms with Gasteiger partial charge in [0.05, 0.1) is 12.0 Å². The van der Waals surface area contributed by atoms with E-state index >= 15 is 0 Å². The summed E-state index contributed by atoms with van der Waals surface area (Å²) < 4.78 is 2.17. The molecule has 2 N–H and O–H groups in total. The molecule has 0 radical (unpaired) electrons. The Morgan fingerprint density at radius 1 is 1.19 bits per heavy atom. The summed E-state index contributed by atoms with van der Waals surface area (Å²) in [5.74, 6) is 1.67. The van der Waals surface area contributed by atoms with Gasteiger partial charge in [-0.25, -0.2) is 15.0 Å². The van der Waals surface area contributed by atoms with Gasteiger partial charge in [-0.05, 0) is 37.9 Å². The van der Waals surface area contributed by atoms with Gasteiger partial charge in [0.15, 0.2) is 5.82 Å². The molecule has 0 saturated heterocycles. The first kappa shape index (κ1) is 16.4. The van der Waals surface area contributed by atoms with E-state index in [0.717, 1.165) is 49.8 Å². The van der Waals surface area contributed by atoms with Gasteiger partial charge in [-0.15, -0.1) is 0 Å². The summed E-state index contributed by atoms with van der Waals surface area (Å²) in [5.41, 5.74) is 3.44. The monoisotopic (exact) mass is 361 g/mol. The summed E-state index contributed by atoms with van der Waals surface area (Å²) >= 11 is 0. The smallest absolute Gasteiger partial charge is 0.180 e. The highest BCUT2D eigenvalue weighted by Crippen LogP contribution is 2.47. The topological polar surface area (TPSA) is 80.5 Å². The van der Waals surface area contributed by atoms with Gasteiger partial charge in [0.25, 0.3) is 0 Å². The number of aromatic nitrogens is 5. The molecule has 0 amide bonds. The molecule has 2 aliphatic rings. The number of rotatable bonds is 6. The summed E-state index contributed by atoms with van der Waals surface area (Å²) in [5, 5.41) is 7.07. The Morgan fingerprint density at radius 2 is 2.15 bits per heavy atom. The Morgan fingerprint density at radius 3 is 2.93 bits per heavy atom. The predicted molar refractivity (Wildman–Crippen MR) is 103 cm³/mol. The van der Waals surface area contributed by atoms with Crippen molar-refractivity contribution < 1.29 is 0 Å². The van der Waals surface area contributed by atoms with Gasteiger partial charge in [-0.3, -0.25) is 4.98 Å². The van der Waals surface area contributed by atoms with Crippen molar-refractivity contribution in [2.75, 3.05) is 18.4 Å². The van der Waals surface area contributed by atoms with Gasteiger partial charge in [-0.2, -0.15) is 0 Å². The largest absolute Gasteiger partial charge is 0.369 e. The van der Waals surface area contributed by atoms with Crippen LogP contribution in [0, 0.1) is 5.41 Å². The van der Waals surface area contributed by atoms with Crippen molar-refractivity contribution in [3.63, 3.8) is 0 Å². The van der Waals surface area contributed by atoms with E-state index in [9.17, 15) is 0 Å². The molecule has 1 saturated carbocycles. The van der Waals surface area contributed by atoms with Crippen LogP contribution in [0.25, 0.3) is 11.5 Å². The van der Waals surface area contributed by atoms with Crippen LogP contribution in [0.1, 0.15) is 24.1 Å². The fourth-order valence-corrected chi connectivity index (χ4v) is 3.72. The van der Waals surface area contributed by atoms with E-state index in [4.69, 9.17) is 9.97 Å². The lowest BCUT2D eigenvalue weighted by molar-refractivity contribution is 0.444. The van der Waals surface area contributed by atoms with Crippen molar-refractivity contribution in [1.29, 1.82) is 0 Å². The molecular formula is C20H23N7. The van der Waals surface area contributed by atoms with Crippen LogP contribution >= 0.6 is 0 Å². The van der Waals surface area contributed by atoms with Crippen LogP contribution in [-0.4, -0.2) is 37.6 Å². The van der Waals surface area contributed by atoms with Crippen LogP contribution in [0.4, 0.5) is 5.82 Å². The van der Waals surface area contributed by atoms with Gasteiger partial charge in [0.1, 0.15) is 11.5 Å².